The highest BCUT2D eigenvalue weighted by atomic mass is 16.6. The van der Waals surface area contributed by atoms with Crippen LogP contribution in [0.5, 0.6) is 0 Å². The van der Waals surface area contributed by atoms with Crippen LogP contribution in [0, 0.1) is 0 Å². The van der Waals surface area contributed by atoms with E-state index in [2.05, 4.69) is 0 Å². The second kappa shape index (κ2) is 7.14. The van der Waals surface area contributed by atoms with E-state index < -0.39 is 17.2 Å². The second-order valence-electron chi connectivity index (χ2n) is 6.73. The van der Waals surface area contributed by atoms with Crippen LogP contribution in [-0.4, -0.2) is 16.7 Å². The van der Waals surface area contributed by atoms with Gasteiger partial charge in [-0.3, -0.25) is 0 Å². The van der Waals surface area contributed by atoms with Crippen molar-refractivity contribution in [1.82, 2.24) is 0 Å². The monoisotopic (exact) mass is 346 g/mol. The van der Waals surface area contributed by atoms with E-state index in [-0.39, 0.29) is 0 Å². The number of hydrogen-bond donors (Lipinski definition) is 1. The van der Waals surface area contributed by atoms with Crippen molar-refractivity contribution in [3.63, 3.8) is 0 Å². The van der Waals surface area contributed by atoms with Crippen LogP contribution >= 0.6 is 0 Å². The third kappa shape index (κ3) is 3.39. The van der Waals surface area contributed by atoms with Crippen molar-refractivity contribution in [1.29, 1.82) is 0 Å². The van der Waals surface area contributed by atoms with Crippen LogP contribution < -0.4 is 0 Å². The topological polar surface area (TPSA) is 46.5 Å². The number of carbonyl (C=O) groups is 1. The highest BCUT2D eigenvalue weighted by Crippen LogP contribution is 2.41. The molecule has 0 saturated carbocycles. The molecular weight excluding hydrogens is 324 g/mol. The lowest BCUT2D eigenvalue weighted by atomic mass is 9.80. The fourth-order valence-corrected chi connectivity index (χ4v) is 2.96. The molecule has 0 aromatic heterocycles. The molecule has 0 fully saturated rings. The highest BCUT2D eigenvalue weighted by Gasteiger charge is 2.43. The Bertz CT molecular complexity index is 754. The van der Waals surface area contributed by atoms with Gasteiger partial charge in [-0.05, 0) is 13.8 Å². The van der Waals surface area contributed by atoms with Crippen LogP contribution in [0.15, 0.2) is 91.0 Å². The molecule has 0 aliphatic carbocycles. The molecule has 3 rings (SSSR count). The third-order valence-electron chi connectivity index (χ3n) is 4.29. The summed E-state index contributed by atoms with van der Waals surface area (Å²) < 4.78 is 6.07. The number of hydrogen-bond acceptors (Lipinski definition) is 3. The molecule has 3 aromatic carbocycles. The molecule has 0 heterocycles. The zero-order chi connectivity index (χ0) is 18.6. The fraction of sp³-hybridized carbons (Fsp3) is 0.174. The summed E-state index contributed by atoms with van der Waals surface area (Å²) in [5, 5.41) is 10.2. The molecule has 3 heteroatoms. The van der Waals surface area contributed by atoms with Gasteiger partial charge in [0.1, 0.15) is 0 Å². The van der Waals surface area contributed by atoms with Gasteiger partial charge in [-0.1, -0.05) is 91.0 Å². The molecular formula is C23H22O3. The molecule has 0 amide bonds. The van der Waals surface area contributed by atoms with Crippen LogP contribution in [0.4, 0.5) is 0 Å². The fourth-order valence-electron chi connectivity index (χ4n) is 2.96. The van der Waals surface area contributed by atoms with Gasteiger partial charge in [0.15, 0.2) is 11.2 Å². The van der Waals surface area contributed by atoms with Crippen molar-refractivity contribution in [2.24, 2.45) is 0 Å². The summed E-state index contributed by atoms with van der Waals surface area (Å²) in [6.07, 6.45) is 0. The SMILES string of the molecule is CC(C)(O)C(=O)OC(c1ccccc1)(c1ccccc1)c1ccccc1. The average molecular weight is 346 g/mol. The first-order valence-corrected chi connectivity index (χ1v) is 8.57. The van der Waals surface area contributed by atoms with Crippen molar-refractivity contribution >= 4 is 5.97 Å². The highest BCUT2D eigenvalue weighted by molar-refractivity contribution is 5.79. The van der Waals surface area contributed by atoms with Gasteiger partial charge in [0.25, 0.3) is 0 Å². The minimum absolute atomic E-state index is 0.686. The van der Waals surface area contributed by atoms with E-state index in [1.165, 1.54) is 13.8 Å². The van der Waals surface area contributed by atoms with Crippen LogP contribution in [0.1, 0.15) is 30.5 Å². The lowest BCUT2D eigenvalue weighted by molar-refractivity contribution is -0.172. The van der Waals surface area contributed by atoms with E-state index >= 15 is 0 Å². The summed E-state index contributed by atoms with van der Waals surface area (Å²) in [6.45, 7) is 2.86. The molecule has 0 atom stereocenters. The molecule has 3 nitrogen and oxygen atoms in total. The molecule has 0 spiro atoms. The number of benzene rings is 3. The van der Waals surface area contributed by atoms with E-state index in [1.54, 1.807) is 0 Å². The number of ether oxygens (including phenoxy) is 1. The maximum absolute atomic E-state index is 12.7. The summed E-state index contributed by atoms with van der Waals surface area (Å²) in [5.41, 5.74) is -0.315. The Kier molecular flexibility index (Phi) is 4.92. The van der Waals surface area contributed by atoms with Gasteiger partial charge in [0, 0.05) is 16.7 Å². The summed E-state index contributed by atoms with van der Waals surface area (Å²) in [6, 6.07) is 28.8. The standard InChI is InChI=1S/C23H22O3/c1-22(2,25)21(24)26-23(18-12-6-3-7-13-18,19-14-8-4-9-15-19)20-16-10-5-11-17-20/h3-17,25H,1-2H3. The second-order valence-corrected chi connectivity index (χ2v) is 6.73. The first kappa shape index (κ1) is 17.9. The number of rotatable bonds is 5. The molecule has 3 aromatic rings. The molecule has 0 radical (unpaired) electrons. The normalized spacial score (nSPS) is 11.8. The summed E-state index contributed by atoms with van der Waals surface area (Å²) >= 11 is 0. The van der Waals surface area contributed by atoms with Gasteiger partial charge in [0.2, 0.25) is 0 Å². The van der Waals surface area contributed by atoms with Crippen molar-refractivity contribution < 1.29 is 14.6 Å². The largest absolute Gasteiger partial charge is 0.442 e. The Morgan fingerprint density at radius 3 is 1.27 bits per heavy atom. The Labute approximate surface area is 153 Å². The number of carbonyl (C=O) groups excluding carboxylic acids is 1. The Hall–Kier alpha value is -2.91. The van der Waals surface area contributed by atoms with E-state index in [0.717, 1.165) is 16.7 Å². The molecule has 0 saturated heterocycles. The lowest BCUT2D eigenvalue weighted by Gasteiger charge is -2.37. The van der Waals surface area contributed by atoms with Crippen LogP contribution in [0.3, 0.4) is 0 Å². The molecule has 0 aliphatic heterocycles. The molecule has 0 bridgehead atoms. The van der Waals surface area contributed by atoms with Crippen LogP contribution in [0.25, 0.3) is 0 Å². The predicted octanol–water partition coefficient (Wildman–Crippen LogP) is 4.29. The minimum Gasteiger partial charge on any atom is -0.442 e. The Balaban J connectivity index is 2.30. The Morgan fingerprint density at radius 2 is 1.00 bits per heavy atom. The molecule has 0 aliphatic rings. The first-order valence-electron chi connectivity index (χ1n) is 8.57. The summed E-state index contributed by atoms with van der Waals surface area (Å²) in [4.78, 5) is 12.7. The van der Waals surface area contributed by atoms with Crippen molar-refractivity contribution in [2.45, 2.75) is 25.0 Å². The van der Waals surface area contributed by atoms with Crippen molar-refractivity contribution in [3.05, 3.63) is 108 Å². The van der Waals surface area contributed by atoms with Gasteiger partial charge < -0.3 is 9.84 Å². The number of esters is 1. The molecule has 1 N–H and O–H groups in total. The van der Waals surface area contributed by atoms with E-state index in [9.17, 15) is 9.90 Å². The summed E-state index contributed by atoms with van der Waals surface area (Å²) in [5.74, 6) is -0.686. The number of aliphatic hydroxyl groups is 1. The van der Waals surface area contributed by atoms with E-state index in [1.807, 2.05) is 91.0 Å². The van der Waals surface area contributed by atoms with Gasteiger partial charge in [-0.2, -0.15) is 0 Å². The van der Waals surface area contributed by atoms with Crippen molar-refractivity contribution in [2.75, 3.05) is 0 Å². The molecule has 0 unspecified atom stereocenters. The van der Waals surface area contributed by atoms with Crippen molar-refractivity contribution in [3.8, 4) is 0 Å². The van der Waals surface area contributed by atoms with Gasteiger partial charge in [-0.15, -0.1) is 0 Å². The zero-order valence-corrected chi connectivity index (χ0v) is 14.9. The predicted molar refractivity (Wildman–Crippen MR) is 102 cm³/mol. The third-order valence-corrected chi connectivity index (χ3v) is 4.29. The van der Waals surface area contributed by atoms with Crippen LogP contribution in [-0.2, 0) is 15.1 Å². The van der Waals surface area contributed by atoms with Crippen LogP contribution in [0.2, 0.25) is 0 Å². The molecule has 132 valence electrons. The van der Waals surface area contributed by atoms with Gasteiger partial charge >= 0.3 is 5.97 Å². The lowest BCUT2D eigenvalue weighted by Crippen LogP contribution is -2.42. The smallest absolute Gasteiger partial charge is 0.339 e. The average Bonchev–Trinajstić information content (AvgIpc) is 2.67. The van der Waals surface area contributed by atoms with E-state index in [4.69, 9.17) is 4.74 Å². The minimum atomic E-state index is -1.61. The van der Waals surface area contributed by atoms with Gasteiger partial charge in [-0.25, -0.2) is 4.79 Å². The maximum atomic E-state index is 12.7. The van der Waals surface area contributed by atoms with E-state index in [0.29, 0.717) is 0 Å². The maximum Gasteiger partial charge on any atom is 0.339 e. The Morgan fingerprint density at radius 1 is 0.692 bits per heavy atom. The van der Waals surface area contributed by atoms with Gasteiger partial charge in [0.05, 0.1) is 0 Å². The quantitative estimate of drug-likeness (QED) is 0.554. The summed E-state index contributed by atoms with van der Waals surface area (Å²) in [7, 11) is 0. The first-order chi connectivity index (χ1) is 12.4. The zero-order valence-electron chi connectivity index (χ0n) is 14.9. The molecule has 26 heavy (non-hydrogen) atoms.